The molecule has 0 unspecified atom stereocenters. The van der Waals surface area contributed by atoms with Gasteiger partial charge < -0.3 is 14.2 Å². The lowest BCUT2D eigenvalue weighted by atomic mass is 10.1. The van der Waals surface area contributed by atoms with Crippen molar-refractivity contribution >= 4 is 0 Å². The van der Waals surface area contributed by atoms with E-state index in [0.29, 0.717) is 13.2 Å². The molecule has 0 saturated heterocycles. The highest BCUT2D eigenvalue weighted by Crippen LogP contribution is 2.22. The Bertz CT molecular complexity index is 765. The largest absolute Gasteiger partial charge is 0.494 e. The number of aromatic nitrogens is 2. The topological polar surface area (TPSA) is 53.5 Å². The second-order valence-corrected chi connectivity index (χ2v) is 9.92. The van der Waals surface area contributed by atoms with Gasteiger partial charge in [-0.2, -0.15) is 0 Å². The molecule has 0 spiro atoms. The van der Waals surface area contributed by atoms with Gasteiger partial charge in [-0.25, -0.2) is 9.97 Å². The van der Waals surface area contributed by atoms with Crippen molar-refractivity contribution in [1.29, 1.82) is 0 Å². The average molecular weight is 513 g/mol. The molecule has 0 radical (unpaired) electrons. The highest BCUT2D eigenvalue weighted by Gasteiger charge is 2.03. The zero-order chi connectivity index (χ0) is 26.2. The van der Waals surface area contributed by atoms with E-state index in [-0.39, 0.29) is 0 Å². The number of aryl methyl sites for hydroxylation is 1. The van der Waals surface area contributed by atoms with Crippen LogP contribution in [0, 0.1) is 0 Å². The summed E-state index contributed by atoms with van der Waals surface area (Å²) in [7, 11) is 0. The summed E-state index contributed by atoms with van der Waals surface area (Å²) in [6, 6.07) is 8.32. The van der Waals surface area contributed by atoms with Crippen LogP contribution in [-0.4, -0.2) is 43.0 Å². The van der Waals surface area contributed by atoms with Gasteiger partial charge in [0, 0.05) is 37.6 Å². The highest BCUT2D eigenvalue weighted by molar-refractivity contribution is 5.62. The summed E-state index contributed by atoms with van der Waals surface area (Å²) in [6.45, 7) is 8.12. The Hall–Kier alpha value is -1.98. The Morgan fingerprint density at radius 1 is 0.541 bits per heavy atom. The highest BCUT2D eigenvalue weighted by atomic mass is 16.5. The maximum Gasteiger partial charge on any atom is 0.128 e. The molecule has 0 aliphatic rings. The molecule has 0 bridgehead atoms. The third-order valence-corrected chi connectivity index (χ3v) is 6.67. The van der Waals surface area contributed by atoms with Crippen molar-refractivity contribution in [3.8, 4) is 16.9 Å². The minimum absolute atomic E-state index is 0.709. The Morgan fingerprint density at radius 3 is 1.76 bits per heavy atom. The molecule has 208 valence electrons. The Labute approximate surface area is 226 Å². The summed E-state index contributed by atoms with van der Waals surface area (Å²) in [5, 5.41) is 0. The van der Waals surface area contributed by atoms with Gasteiger partial charge in [-0.3, -0.25) is 0 Å². The Morgan fingerprint density at radius 2 is 1.11 bits per heavy atom. The van der Waals surface area contributed by atoms with E-state index in [4.69, 9.17) is 14.2 Å². The molecule has 0 atom stereocenters. The van der Waals surface area contributed by atoms with Crippen LogP contribution in [0.2, 0.25) is 0 Å². The molecule has 1 heterocycles. The minimum Gasteiger partial charge on any atom is -0.494 e. The van der Waals surface area contributed by atoms with Crippen LogP contribution in [0.25, 0.3) is 11.1 Å². The molecule has 0 fully saturated rings. The van der Waals surface area contributed by atoms with Crippen LogP contribution in [0.4, 0.5) is 0 Å². The monoisotopic (exact) mass is 512 g/mol. The molecule has 0 N–H and O–H groups in total. The van der Waals surface area contributed by atoms with E-state index in [1.165, 1.54) is 70.6 Å². The minimum atomic E-state index is 0.709. The van der Waals surface area contributed by atoms with Crippen molar-refractivity contribution in [3.05, 3.63) is 42.5 Å². The van der Waals surface area contributed by atoms with Crippen LogP contribution in [0.1, 0.15) is 110 Å². The number of ether oxygens (including phenoxy) is 3. The summed E-state index contributed by atoms with van der Waals surface area (Å²) in [5.74, 6) is 1.88. The molecule has 0 saturated carbocycles. The zero-order valence-corrected chi connectivity index (χ0v) is 23.7. The molecular formula is C32H52N2O3. The summed E-state index contributed by atoms with van der Waals surface area (Å²) in [5.41, 5.74) is 2.19. The lowest BCUT2D eigenvalue weighted by Crippen LogP contribution is -2.04. The summed E-state index contributed by atoms with van der Waals surface area (Å²) in [6.07, 6.45) is 22.7. The fraction of sp³-hybridized carbons (Fsp3) is 0.688. The van der Waals surface area contributed by atoms with E-state index in [1.54, 1.807) is 0 Å². The van der Waals surface area contributed by atoms with Crippen LogP contribution < -0.4 is 4.74 Å². The summed E-state index contributed by atoms with van der Waals surface area (Å²) >= 11 is 0. The molecule has 5 heteroatoms. The molecule has 0 amide bonds. The second-order valence-electron chi connectivity index (χ2n) is 9.92. The van der Waals surface area contributed by atoms with E-state index in [9.17, 15) is 0 Å². The first kappa shape index (κ1) is 31.2. The van der Waals surface area contributed by atoms with Gasteiger partial charge in [0.25, 0.3) is 0 Å². The number of benzene rings is 1. The van der Waals surface area contributed by atoms with Gasteiger partial charge in [-0.15, -0.1) is 0 Å². The maximum absolute atomic E-state index is 5.93. The van der Waals surface area contributed by atoms with E-state index in [1.807, 2.05) is 19.3 Å². The SMILES string of the molecule is CCCCCCCCCCOc1ccc(-c2cnc(CCCCCCCCOCCOCC)nc2)cc1. The first-order valence-corrected chi connectivity index (χ1v) is 15.0. The van der Waals surface area contributed by atoms with Crippen molar-refractivity contribution in [2.45, 2.75) is 110 Å². The van der Waals surface area contributed by atoms with Gasteiger partial charge in [-0.05, 0) is 43.9 Å². The van der Waals surface area contributed by atoms with Gasteiger partial charge in [0.05, 0.1) is 19.8 Å². The number of rotatable bonds is 24. The van der Waals surface area contributed by atoms with Crippen LogP contribution in [-0.2, 0) is 15.9 Å². The molecule has 0 aliphatic heterocycles. The third kappa shape index (κ3) is 15.8. The summed E-state index contributed by atoms with van der Waals surface area (Å²) < 4.78 is 16.8. The normalized spacial score (nSPS) is 11.2. The van der Waals surface area contributed by atoms with Crippen LogP contribution in [0.3, 0.4) is 0 Å². The van der Waals surface area contributed by atoms with Gasteiger partial charge in [0.15, 0.2) is 0 Å². The van der Waals surface area contributed by atoms with Crippen LogP contribution >= 0.6 is 0 Å². The fourth-order valence-electron chi connectivity index (χ4n) is 4.36. The van der Waals surface area contributed by atoms with Crippen molar-refractivity contribution in [3.63, 3.8) is 0 Å². The molecule has 1 aromatic carbocycles. The number of hydrogen-bond acceptors (Lipinski definition) is 5. The number of unbranched alkanes of at least 4 members (excludes halogenated alkanes) is 12. The maximum atomic E-state index is 5.93. The quantitative estimate of drug-likeness (QED) is 0.132. The zero-order valence-electron chi connectivity index (χ0n) is 23.7. The molecule has 2 aromatic rings. The second kappa shape index (κ2) is 22.0. The van der Waals surface area contributed by atoms with E-state index in [0.717, 1.165) is 68.2 Å². The van der Waals surface area contributed by atoms with E-state index >= 15 is 0 Å². The third-order valence-electron chi connectivity index (χ3n) is 6.67. The molecule has 0 aliphatic carbocycles. The van der Waals surface area contributed by atoms with Gasteiger partial charge in [-0.1, -0.05) is 89.7 Å². The Kier molecular flexibility index (Phi) is 18.6. The molecule has 5 nitrogen and oxygen atoms in total. The number of hydrogen-bond donors (Lipinski definition) is 0. The molecule has 2 rings (SSSR count). The smallest absolute Gasteiger partial charge is 0.128 e. The first-order valence-electron chi connectivity index (χ1n) is 15.0. The van der Waals surface area contributed by atoms with Gasteiger partial charge in [0.2, 0.25) is 0 Å². The predicted molar refractivity (Wildman–Crippen MR) is 154 cm³/mol. The van der Waals surface area contributed by atoms with E-state index < -0.39 is 0 Å². The standard InChI is InChI=1S/C32H52N2O3/c1-3-5-6-7-8-10-14-17-24-37-31-21-19-29(20-22-31)30-27-33-32(34-28-30)18-15-12-9-11-13-16-23-36-26-25-35-4-2/h19-22,27-28H,3-18,23-26H2,1-2H3. The van der Waals surface area contributed by atoms with Crippen LogP contribution in [0.15, 0.2) is 36.7 Å². The molecule has 37 heavy (non-hydrogen) atoms. The van der Waals surface area contributed by atoms with E-state index in [2.05, 4.69) is 41.2 Å². The van der Waals surface area contributed by atoms with Crippen LogP contribution in [0.5, 0.6) is 5.75 Å². The lowest BCUT2D eigenvalue weighted by Gasteiger charge is -2.08. The van der Waals surface area contributed by atoms with Crippen molar-refractivity contribution in [1.82, 2.24) is 9.97 Å². The predicted octanol–water partition coefficient (Wildman–Crippen LogP) is 8.60. The van der Waals surface area contributed by atoms with Crippen molar-refractivity contribution < 1.29 is 14.2 Å². The summed E-state index contributed by atoms with van der Waals surface area (Å²) in [4.78, 5) is 9.20. The molecule has 1 aromatic heterocycles. The molecular weight excluding hydrogens is 460 g/mol. The van der Waals surface area contributed by atoms with Gasteiger partial charge in [0.1, 0.15) is 11.6 Å². The first-order chi connectivity index (χ1) is 18.3. The number of nitrogens with zero attached hydrogens (tertiary/aromatic N) is 2. The van der Waals surface area contributed by atoms with Gasteiger partial charge >= 0.3 is 0 Å². The Balaban J connectivity index is 1.51. The van der Waals surface area contributed by atoms with Crippen molar-refractivity contribution in [2.75, 3.05) is 33.0 Å². The fourth-order valence-corrected chi connectivity index (χ4v) is 4.36. The average Bonchev–Trinajstić information content (AvgIpc) is 2.93. The lowest BCUT2D eigenvalue weighted by molar-refractivity contribution is 0.0512. The van der Waals surface area contributed by atoms with Crippen molar-refractivity contribution in [2.24, 2.45) is 0 Å².